The molecule has 0 bridgehead atoms. The monoisotopic (exact) mass is 284 g/mol. The molecule has 1 aromatic carbocycles. The first-order valence-corrected chi connectivity index (χ1v) is 8.09. The first-order chi connectivity index (χ1) is 5.59. The Kier molecular flexibility index (Phi) is 4.26. The molecule has 2 unspecified atom stereocenters. The van der Waals surface area contributed by atoms with E-state index in [1.165, 1.54) is 0 Å². The number of phenolic OH excluding ortho intramolecular Hbond substituents is 1. The molecule has 0 aromatic heterocycles. The predicted molar refractivity (Wildman–Crippen MR) is 62.0 cm³/mol. The van der Waals surface area contributed by atoms with Gasteiger partial charge in [0.25, 0.3) is 0 Å². The summed E-state index contributed by atoms with van der Waals surface area (Å²) in [4.78, 5) is 0. The van der Waals surface area contributed by atoms with Gasteiger partial charge in [-0.1, -0.05) is 42.2 Å². The summed E-state index contributed by atoms with van der Waals surface area (Å²) in [5, 5.41) is 9.45. The lowest BCUT2D eigenvalue weighted by Gasteiger charge is -2.05. The Balaban J connectivity index is 2.86. The van der Waals surface area contributed by atoms with Crippen LogP contribution in [0.5, 0.6) is 5.75 Å². The maximum absolute atomic E-state index is 9.45. The van der Waals surface area contributed by atoms with E-state index < -0.39 is 6.96 Å². The topological polar surface area (TPSA) is 20.2 Å². The van der Waals surface area contributed by atoms with E-state index >= 15 is 0 Å². The summed E-state index contributed by atoms with van der Waals surface area (Å²) in [7, 11) is 2.55. The third-order valence-corrected chi connectivity index (χ3v) is 3.41. The fraction of sp³-hybridized carbons (Fsp3) is 0.143. The highest BCUT2D eigenvalue weighted by atomic mass is 79.9. The molecule has 0 saturated carbocycles. The molecule has 0 radical (unpaired) electrons. The van der Waals surface area contributed by atoms with Gasteiger partial charge in [0.1, 0.15) is 5.75 Å². The second-order valence-electron chi connectivity index (χ2n) is 2.33. The summed E-state index contributed by atoms with van der Waals surface area (Å²) in [6, 6.07) is 5.45. The minimum Gasteiger partial charge on any atom is -0.508 e. The van der Waals surface area contributed by atoms with Gasteiger partial charge in [0.05, 0.1) is 0 Å². The second kappa shape index (κ2) is 4.77. The molecule has 0 fully saturated rings. The molecule has 2 atom stereocenters. The van der Waals surface area contributed by atoms with E-state index in [2.05, 4.69) is 24.9 Å². The molecule has 1 nitrogen and oxygen atoms in total. The minimum atomic E-state index is -0.589. The number of rotatable bonds is 2. The maximum Gasteiger partial charge on any atom is 0.120 e. The Labute approximate surface area is 88.3 Å². The number of aromatic hydroxyl groups is 1. The van der Waals surface area contributed by atoms with Gasteiger partial charge in [-0.15, -0.1) is 0 Å². The average molecular weight is 285 g/mol. The number of hydrogen-bond donors (Lipinski definition) is 1. The quantitative estimate of drug-likeness (QED) is 0.812. The summed E-state index contributed by atoms with van der Waals surface area (Å²) in [5.41, 5.74) is 0.898. The number of halogens is 2. The van der Waals surface area contributed by atoms with Gasteiger partial charge in [0, 0.05) is 17.6 Å². The Morgan fingerprint density at radius 2 is 2.25 bits per heavy atom. The minimum absolute atomic E-state index is 0.306. The molecule has 1 rings (SSSR count). The van der Waals surface area contributed by atoms with Crippen LogP contribution >= 0.6 is 43.1 Å². The van der Waals surface area contributed by atoms with Gasteiger partial charge in [-0.25, -0.2) is 0 Å². The third kappa shape index (κ3) is 3.18. The van der Waals surface area contributed by atoms with E-state index in [1.54, 1.807) is 6.07 Å². The Hall–Kier alpha value is 0.650. The second-order valence-corrected chi connectivity index (χ2v) is 8.52. The fourth-order valence-corrected chi connectivity index (χ4v) is 2.75. The first-order valence-electron chi connectivity index (χ1n) is 3.25. The maximum atomic E-state index is 9.45. The summed E-state index contributed by atoms with van der Waals surface area (Å²) in [6.07, 6.45) is 0.723. The summed E-state index contributed by atoms with van der Waals surface area (Å²) < 4.78 is 0.881. The zero-order chi connectivity index (χ0) is 9.14. The molecule has 0 amide bonds. The van der Waals surface area contributed by atoms with Crippen LogP contribution in [-0.4, -0.2) is 5.11 Å². The Morgan fingerprint density at radius 1 is 1.58 bits per heavy atom. The smallest absolute Gasteiger partial charge is 0.120 e. The zero-order valence-electron chi connectivity index (χ0n) is 6.17. The van der Waals surface area contributed by atoms with Crippen LogP contribution in [0.3, 0.4) is 0 Å². The van der Waals surface area contributed by atoms with Crippen molar-refractivity contribution in [3.63, 3.8) is 0 Å². The van der Waals surface area contributed by atoms with Crippen molar-refractivity contribution in [2.75, 3.05) is 0 Å². The molecule has 5 heteroatoms. The molecule has 0 aliphatic heterocycles. The van der Waals surface area contributed by atoms with Gasteiger partial charge in [-0.3, -0.25) is 0 Å². The van der Waals surface area contributed by atoms with E-state index in [4.69, 9.17) is 11.2 Å². The molecule has 1 N–H and O–H groups in total. The van der Waals surface area contributed by atoms with Crippen LogP contribution < -0.4 is 0 Å². The average Bonchev–Trinajstić information content (AvgIpc) is 1.94. The van der Waals surface area contributed by atoms with Gasteiger partial charge in [0.15, 0.2) is 0 Å². The predicted octanol–water partition coefficient (Wildman–Crippen LogP) is 4.08. The number of hydrogen-bond acceptors (Lipinski definition) is 1. The Morgan fingerprint density at radius 3 is 2.75 bits per heavy atom. The van der Waals surface area contributed by atoms with Crippen LogP contribution in [-0.2, 0) is 6.16 Å². The normalized spacial score (nSPS) is 12.9. The van der Waals surface area contributed by atoms with Crippen molar-refractivity contribution in [2.45, 2.75) is 6.16 Å². The van der Waals surface area contributed by atoms with Gasteiger partial charge in [0.2, 0.25) is 0 Å². The van der Waals surface area contributed by atoms with Crippen molar-refractivity contribution in [1.29, 1.82) is 0 Å². The van der Waals surface area contributed by atoms with Gasteiger partial charge in [-0.2, -0.15) is 0 Å². The molecule has 12 heavy (non-hydrogen) atoms. The molecule has 1 aromatic rings. The lowest BCUT2D eigenvalue weighted by molar-refractivity contribution is 0.470. The highest BCUT2D eigenvalue weighted by molar-refractivity contribution is 9.10. The summed E-state index contributed by atoms with van der Waals surface area (Å²) >= 11 is 9.10. The van der Waals surface area contributed by atoms with Crippen molar-refractivity contribution >= 4 is 43.1 Å². The number of benzene rings is 1. The van der Waals surface area contributed by atoms with Crippen molar-refractivity contribution in [3.8, 4) is 5.75 Å². The Bertz CT molecular complexity index is 280. The first kappa shape index (κ1) is 10.7. The van der Waals surface area contributed by atoms with Crippen LogP contribution in [0.25, 0.3) is 0 Å². The molecule has 0 aliphatic rings. The van der Waals surface area contributed by atoms with E-state index in [0.717, 1.165) is 16.2 Å². The van der Waals surface area contributed by atoms with Gasteiger partial charge in [-0.05, 0) is 17.7 Å². The molecule has 0 saturated heterocycles. The molecule has 0 heterocycles. The zero-order valence-corrected chi connectivity index (χ0v) is 10.6. The summed E-state index contributed by atoms with van der Waals surface area (Å²) in [5.74, 6) is 0.306. The van der Waals surface area contributed by atoms with Crippen LogP contribution in [0.1, 0.15) is 5.56 Å². The largest absolute Gasteiger partial charge is 0.508 e. The van der Waals surface area contributed by atoms with Crippen LogP contribution in [0.15, 0.2) is 22.7 Å². The summed E-state index contributed by atoms with van der Waals surface area (Å²) in [6.45, 7) is -0.589. The lowest BCUT2D eigenvalue weighted by Crippen LogP contribution is -1.79. The highest BCUT2D eigenvalue weighted by Gasteiger charge is 2.04. The lowest BCUT2D eigenvalue weighted by atomic mass is 10.2. The van der Waals surface area contributed by atoms with E-state index in [-0.39, 0.29) is 0 Å². The van der Waals surface area contributed by atoms with E-state index in [9.17, 15) is 5.11 Å². The number of phenols is 1. The van der Waals surface area contributed by atoms with Gasteiger partial charge < -0.3 is 5.11 Å². The van der Waals surface area contributed by atoms with Crippen LogP contribution in [0.4, 0.5) is 0 Å². The van der Waals surface area contributed by atoms with E-state index in [1.807, 2.05) is 12.1 Å². The molecule has 0 spiro atoms. The highest BCUT2D eigenvalue weighted by Crippen LogP contribution is 2.53. The van der Waals surface area contributed by atoms with Crippen molar-refractivity contribution in [3.05, 3.63) is 28.2 Å². The van der Waals surface area contributed by atoms with Crippen LogP contribution in [0, 0.1) is 0 Å². The molecular weight excluding hydrogens is 277 g/mol. The molecular formula is C7H8BrClOP2. The SMILES string of the molecule is Oc1cc(Br)ccc1CP(P)Cl. The van der Waals surface area contributed by atoms with Crippen molar-refractivity contribution < 1.29 is 5.11 Å². The van der Waals surface area contributed by atoms with Crippen molar-refractivity contribution in [2.24, 2.45) is 0 Å². The van der Waals surface area contributed by atoms with Crippen LogP contribution in [0.2, 0.25) is 0 Å². The van der Waals surface area contributed by atoms with Crippen molar-refractivity contribution in [1.82, 2.24) is 0 Å². The molecule has 66 valence electrons. The van der Waals surface area contributed by atoms with E-state index in [0.29, 0.717) is 5.75 Å². The van der Waals surface area contributed by atoms with Gasteiger partial charge >= 0.3 is 0 Å². The third-order valence-electron chi connectivity index (χ3n) is 1.37. The standard InChI is InChI=1S/C7H8BrClOP2/c8-6-2-1-5(4-12(9)11)7(10)3-6/h1-3,10H,4,11H2. The molecule has 0 aliphatic carbocycles. The fourth-order valence-electron chi connectivity index (χ4n) is 0.833.